The van der Waals surface area contributed by atoms with Crippen LogP contribution < -0.4 is 5.32 Å². The zero-order valence-electron chi connectivity index (χ0n) is 10.7. The van der Waals surface area contributed by atoms with Crippen molar-refractivity contribution in [1.82, 2.24) is 5.32 Å². The highest BCUT2D eigenvalue weighted by Crippen LogP contribution is 2.22. The number of nitrogens with one attached hydrogen (secondary N) is 1. The Morgan fingerprint density at radius 3 is 2.67 bits per heavy atom. The van der Waals surface area contributed by atoms with Crippen LogP contribution in [0, 0.1) is 0 Å². The van der Waals surface area contributed by atoms with Crippen LogP contribution in [0.25, 0.3) is 0 Å². The minimum atomic E-state index is 0.223. The topological polar surface area (TPSA) is 30.5 Å². The lowest BCUT2D eigenvalue weighted by molar-refractivity contribution is 0.0598. The molecule has 1 rings (SSSR count). The number of hydrogen-bond donors (Lipinski definition) is 1. The lowest BCUT2D eigenvalue weighted by Crippen LogP contribution is -2.33. The van der Waals surface area contributed by atoms with E-state index in [4.69, 9.17) is 32.7 Å². The summed E-state index contributed by atoms with van der Waals surface area (Å²) >= 11 is 12.0. The zero-order chi connectivity index (χ0) is 13.4. The lowest BCUT2D eigenvalue weighted by Gasteiger charge is -2.17. The first-order valence-electron chi connectivity index (χ1n) is 5.85. The van der Waals surface area contributed by atoms with Gasteiger partial charge in [-0.3, -0.25) is 0 Å². The van der Waals surface area contributed by atoms with Gasteiger partial charge in [-0.2, -0.15) is 0 Å². The molecule has 0 aliphatic carbocycles. The molecule has 1 unspecified atom stereocenters. The highest BCUT2D eigenvalue weighted by Gasteiger charge is 2.10. The number of hydrogen-bond acceptors (Lipinski definition) is 3. The summed E-state index contributed by atoms with van der Waals surface area (Å²) in [6.07, 6.45) is 0.805. The third kappa shape index (κ3) is 5.55. The van der Waals surface area contributed by atoms with Crippen LogP contribution in [0.4, 0.5) is 0 Å². The van der Waals surface area contributed by atoms with Gasteiger partial charge in [0.1, 0.15) is 0 Å². The van der Waals surface area contributed by atoms with Crippen molar-refractivity contribution in [2.24, 2.45) is 0 Å². The van der Waals surface area contributed by atoms with E-state index in [9.17, 15) is 0 Å². The van der Waals surface area contributed by atoms with E-state index in [2.05, 4.69) is 5.32 Å². The van der Waals surface area contributed by atoms with Gasteiger partial charge in [-0.15, -0.1) is 0 Å². The molecule has 0 aliphatic rings. The molecule has 1 atom stereocenters. The highest BCUT2D eigenvalue weighted by atomic mass is 35.5. The van der Waals surface area contributed by atoms with Gasteiger partial charge in [-0.05, 0) is 31.2 Å². The number of benzene rings is 1. The maximum atomic E-state index is 6.14. The summed E-state index contributed by atoms with van der Waals surface area (Å²) in [6, 6.07) is 5.78. The molecule has 0 radical (unpaired) electrons. The quantitative estimate of drug-likeness (QED) is 0.747. The van der Waals surface area contributed by atoms with E-state index in [0.717, 1.165) is 12.0 Å². The number of methoxy groups -OCH3 is 1. The fourth-order valence-electron chi connectivity index (χ4n) is 1.56. The van der Waals surface area contributed by atoms with Gasteiger partial charge in [-0.1, -0.05) is 29.3 Å². The Labute approximate surface area is 118 Å². The Kier molecular flexibility index (Phi) is 7.63. The summed E-state index contributed by atoms with van der Waals surface area (Å²) < 4.78 is 10.4. The van der Waals surface area contributed by atoms with Crippen LogP contribution in [0.5, 0.6) is 0 Å². The van der Waals surface area contributed by atoms with Crippen LogP contribution in [-0.4, -0.2) is 40.0 Å². The molecule has 0 fully saturated rings. The maximum absolute atomic E-state index is 6.14. The van der Waals surface area contributed by atoms with Gasteiger partial charge in [0.15, 0.2) is 0 Å². The van der Waals surface area contributed by atoms with Gasteiger partial charge in [0.05, 0.1) is 19.8 Å². The molecular formula is C13H19Cl2NO2. The van der Waals surface area contributed by atoms with Crippen molar-refractivity contribution in [1.29, 1.82) is 0 Å². The maximum Gasteiger partial charge on any atom is 0.0701 e. The summed E-state index contributed by atoms with van der Waals surface area (Å²) in [7, 11) is 3.57. The predicted octanol–water partition coefficient (Wildman–Crippen LogP) is 2.79. The molecule has 0 heterocycles. The molecule has 0 aliphatic heterocycles. The predicted molar refractivity (Wildman–Crippen MR) is 75.7 cm³/mol. The van der Waals surface area contributed by atoms with E-state index in [0.29, 0.717) is 29.9 Å². The van der Waals surface area contributed by atoms with Crippen LogP contribution in [0.2, 0.25) is 10.0 Å². The minimum Gasteiger partial charge on any atom is -0.382 e. The summed E-state index contributed by atoms with van der Waals surface area (Å²) in [4.78, 5) is 0. The SMILES string of the molecule is CNC(COCCOC)Cc1ccc(Cl)cc1Cl. The number of likely N-dealkylation sites (N-methyl/N-ethyl adjacent to an activating group) is 1. The van der Waals surface area contributed by atoms with Gasteiger partial charge in [0.25, 0.3) is 0 Å². The molecule has 0 bridgehead atoms. The van der Waals surface area contributed by atoms with E-state index in [1.54, 1.807) is 13.2 Å². The molecule has 0 amide bonds. The van der Waals surface area contributed by atoms with Gasteiger partial charge in [0.2, 0.25) is 0 Å². The summed E-state index contributed by atoms with van der Waals surface area (Å²) in [5.74, 6) is 0. The van der Waals surface area contributed by atoms with Crippen LogP contribution in [0.3, 0.4) is 0 Å². The Hall–Kier alpha value is -0.320. The van der Waals surface area contributed by atoms with Crippen molar-refractivity contribution < 1.29 is 9.47 Å². The van der Waals surface area contributed by atoms with E-state index in [1.807, 2.05) is 19.2 Å². The molecule has 0 aromatic heterocycles. The molecule has 3 nitrogen and oxygen atoms in total. The summed E-state index contributed by atoms with van der Waals surface area (Å²) in [5.41, 5.74) is 1.07. The van der Waals surface area contributed by atoms with Crippen LogP contribution in [0.15, 0.2) is 18.2 Å². The van der Waals surface area contributed by atoms with Crippen molar-refractivity contribution in [2.45, 2.75) is 12.5 Å². The van der Waals surface area contributed by atoms with Gasteiger partial charge >= 0.3 is 0 Å². The van der Waals surface area contributed by atoms with Crippen molar-refractivity contribution in [2.75, 3.05) is 34.0 Å². The Morgan fingerprint density at radius 1 is 1.28 bits per heavy atom. The highest BCUT2D eigenvalue weighted by molar-refractivity contribution is 6.35. The summed E-state index contributed by atoms with van der Waals surface area (Å²) in [6.45, 7) is 1.83. The van der Waals surface area contributed by atoms with E-state index in [1.165, 1.54) is 0 Å². The summed E-state index contributed by atoms with van der Waals surface area (Å²) in [5, 5.41) is 4.56. The van der Waals surface area contributed by atoms with Gasteiger partial charge in [-0.25, -0.2) is 0 Å². The molecule has 1 N–H and O–H groups in total. The molecule has 0 saturated carbocycles. The van der Waals surface area contributed by atoms with Crippen molar-refractivity contribution in [3.8, 4) is 0 Å². The van der Waals surface area contributed by atoms with Crippen LogP contribution >= 0.6 is 23.2 Å². The van der Waals surface area contributed by atoms with Crippen LogP contribution in [-0.2, 0) is 15.9 Å². The first kappa shape index (κ1) is 15.7. The smallest absolute Gasteiger partial charge is 0.0701 e. The molecule has 102 valence electrons. The molecule has 0 saturated heterocycles. The van der Waals surface area contributed by atoms with Crippen molar-refractivity contribution >= 4 is 23.2 Å². The minimum absolute atomic E-state index is 0.223. The molecule has 5 heteroatoms. The van der Waals surface area contributed by atoms with Crippen molar-refractivity contribution in [3.05, 3.63) is 33.8 Å². The molecular weight excluding hydrogens is 273 g/mol. The van der Waals surface area contributed by atoms with E-state index < -0.39 is 0 Å². The molecule has 18 heavy (non-hydrogen) atoms. The standard InChI is InChI=1S/C13H19Cl2NO2/c1-16-12(9-18-6-5-17-2)7-10-3-4-11(14)8-13(10)15/h3-4,8,12,16H,5-7,9H2,1-2H3. The monoisotopic (exact) mass is 291 g/mol. The second kappa shape index (κ2) is 8.73. The van der Waals surface area contributed by atoms with Crippen molar-refractivity contribution in [3.63, 3.8) is 0 Å². The largest absolute Gasteiger partial charge is 0.382 e. The molecule has 1 aromatic carbocycles. The fraction of sp³-hybridized carbons (Fsp3) is 0.538. The van der Waals surface area contributed by atoms with E-state index in [-0.39, 0.29) is 6.04 Å². The third-order valence-electron chi connectivity index (χ3n) is 2.64. The number of halogens is 2. The first-order chi connectivity index (χ1) is 8.67. The number of rotatable bonds is 8. The second-order valence-corrected chi connectivity index (χ2v) is 4.84. The fourth-order valence-corrected chi connectivity index (χ4v) is 2.05. The average molecular weight is 292 g/mol. The lowest BCUT2D eigenvalue weighted by atomic mass is 10.1. The normalized spacial score (nSPS) is 12.7. The van der Waals surface area contributed by atoms with Crippen LogP contribution in [0.1, 0.15) is 5.56 Å². The Balaban J connectivity index is 2.46. The van der Waals surface area contributed by atoms with Gasteiger partial charge in [0, 0.05) is 23.2 Å². The Morgan fingerprint density at radius 2 is 2.06 bits per heavy atom. The molecule has 0 spiro atoms. The van der Waals surface area contributed by atoms with Gasteiger partial charge < -0.3 is 14.8 Å². The molecule has 1 aromatic rings. The average Bonchev–Trinajstić information content (AvgIpc) is 2.35. The number of ether oxygens (including phenoxy) is 2. The Bertz CT molecular complexity index is 361. The van der Waals surface area contributed by atoms with E-state index >= 15 is 0 Å². The first-order valence-corrected chi connectivity index (χ1v) is 6.60. The third-order valence-corrected chi connectivity index (χ3v) is 3.23. The zero-order valence-corrected chi connectivity index (χ0v) is 12.2. The second-order valence-electron chi connectivity index (χ2n) is 3.99.